The standard InChI is InChI=1S/C10H8Cl2N4O2/c1-4-6(11)3-7(12)9(13-4)16-14-5(2)8(15-16)10(17)18/h3H,1-2H3,(H,17,18). The summed E-state index contributed by atoms with van der Waals surface area (Å²) in [4.78, 5) is 16.1. The van der Waals surface area contributed by atoms with Gasteiger partial charge in [0.2, 0.25) is 0 Å². The number of aromatic nitrogens is 4. The van der Waals surface area contributed by atoms with Crippen molar-refractivity contribution in [1.82, 2.24) is 20.0 Å². The molecule has 0 aliphatic rings. The molecule has 2 rings (SSSR count). The average Bonchev–Trinajstić information content (AvgIpc) is 2.65. The lowest BCUT2D eigenvalue weighted by Crippen LogP contribution is -2.06. The number of rotatable bonds is 2. The lowest BCUT2D eigenvalue weighted by atomic mass is 10.4. The lowest BCUT2D eigenvalue weighted by molar-refractivity contribution is 0.0689. The molecule has 2 aromatic heterocycles. The maximum atomic E-state index is 10.9. The monoisotopic (exact) mass is 286 g/mol. The third-order valence-corrected chi connectivity index (χ3v) is 2.92. The van der Waals surface area contributed by atoms with E-state index in [0.717, 1.165) is 4.80 Å². The number of carbonyl (C=O) groups is 1. The Labute approximate surface area is 112 Å². The van der Waals surface area contributed by atoms with Gasteiger partial charge in [0, 0.05) is 0 Å². The number of halogens is 2. The minimum absolute atomic E-state index is 0.138. The Bertz CT molecular complexity index is 639. The summed E-state index contributed by atoms with van der Waals surface area (Å²) < 4.78 is 0. The van der Waals surface area contributed by atoms with Crippen LogP contribution in [0.5, 0.6) is 0 Å². The van der Waals surface area contributed by atoms with Crippen LogP contribution in [0.2, 0.25) is 10.0 Å². The van der Waals surface area contributed by atoms with Crippen LogP contribution in [-0.2, 0) is 0 Å². The first-order valence-electron chi connectivity index (χ1n) is 4.90. The highest BCUT2D eigenvalue weighted by Crippen LogP contribution is 2.24. The molecule has 0 bridgehead atoms. The molecule has 0 saturated heterocycles. The summed E-state index contributed by atoms with van der Waals surface area (Å²) in [7, 11) is 0. The Hall–Kier alpha value is -1.66. The predicted octanol–water partition coefficient (Wildman–Crippen LogP) is 2.28. The number of carboxylic acid groups (broad SMARTS) is 1. The largest absolute Gasteiger partial charge is 0.476 e. The molecule has 6 nitrogen and oxygen atoms in total. The number of pyridine rings is 1. The fraction of sp³-hybridized carbons (Fsp3) is 0.200. The second-order valence-electron chi connectivity index (χ2n) is 3.59. The van der Waals surface area contributed by atoms with E-state index in [2.05, 4.69) is 15.2 Å². The summed E-state index contributed by atoms with van der Waals surface area (Å²) in [5.74, 6) is -0.908. The van der Waals surface area contributed by atoms with Crippen molar-refractivity contribution in [2.45, 2.75) is 13.8 Å². The van der Waals surface area contributed by atoms with Crippen molar-refractivity contribution >= 4 is 29.2 Å². The van der Waals surface area contributed by atoms with Gasteiger partial charge in [-0.1, -0.05) is 23.2 Å². The number of carboxylic acids is 1. The van der Waals surface area contributed by atoms with Gasteiger partial charge in [-0.25, -0.2) is 9.78 Å². The summed E-state index contributed by atoms with van der Waals surface area (Å²) in [6.45, 7) is 3.25. The Morgan fingerprint density at radius 2 is 1.89 bits per heavy atom. The maximum Gasteiger partial charge on any atom is 0.358 e. The lowest BCUT2D eigenvalue weighted by Gasteiger charge is -2.04. The average molecular weight is 287 g/mol. The molecular weight excluding hydrogens is 279 g/mol. The van der Waals surface area contributed by atoms with Crippen LogP contribution in [0.1, 0.15) is 21.9 Å². The molecule has 0 unspecified atom stereocenters. The van der Waals surface area contributed by atoms with E-state index in [-0.39, 0.29) is 22.2 Å². The van der Waals surface area contributed by atoms with Crippen LogP contribution in [0.25, 0.3) is 5.82 Å². The van der Waals surface area contributed by atoms with Gasteiger partial charge in [-0.3, -0.25) is 0 Å². The van der Waals surface area contributed by atoms with Crippen molar-refractivity contribution in [1.29, 1.82) is 0 Å². The van der Waals surface area contributed by atoms with E-state index in [0.29, 0.717) is 10.7 Å². The normalized spacial score (nSPS) is 10.7. The van der Waals surface area contributed by atoms with E-state index in [1.165, 1.54) is 6.07 Å². The van der Waals surface area contributed by atoms with Gasteiger partial charge in [-0.15, -0.1) is 9.90 Å². The fourth-order valence-electron chi connectivity index (χ4n) is 1.36. The van der Waals surface area contributed by atoms with Gasteiger partial charge in [0.15, 0.2) is 11.5 Å². The van der Waals surface area contributed by atoms with Gasteiger partial charge in [-0.05, 0) is 19.9 Å². The SMILES string of the molecule is Cc1nc(-n2nc(C)c(C(=O)O)n2)c(Cl)cc1Cl. The summed E-state index contributed by atoms with van der Waals surface area (Å²) in [6, 6.07) is 1.51. The van der Waals surface area contributed by atoms with Crippen LogP contribution in [0.3, 0.4) is 0 Å². The first-order valence-corrected chi connectivity index (χ1v) is 5.66. The third kappa shape index (κ3) is 2.16. The highest BCUT2D eigenvalue weighted by molar-refractivity contribution is 6.35. The van der Waals surface area contributed by atoms with Crippen LogP contribution >= 0.6 is 23.2 Å². The Morgan fingerprint density at radius 1 is 1.22 bits per heavy atom. The molecule has 0 amide bonds. The molecule has 8 heteroatoms. The Kier molecular flexibility index (Phi) is 3.23. The molecule has 2 heterocycles. The summed E-state index contributed by atoms with van der Waals surface area (Å²) in [6.07, 6.45) is 0. The molecule has 2 aromatic rings. The third-order valence-electron chi connectivity index (χ3n) is 2.26. The van der Waals surface area contributed by atoms with E-state index in [1.54, 1.807) is 13.8 Å². The fourth-order valence-corrected chi connectivity index (χ4v) is 1.79. The van der Waals surface area contributed by atoms with Crippen molar-refractivity contribution in [3.05, 3.63) is 33.2 Å². The topological polar surface area (TPSA) is 80.9 Å². The molecule has 0 aliphatic carbocycles. The maximum absolute atomic E-state index is 10.9. The Morgan fingerprint density at radius 3 is 2.44 bits per heavy atom. The Balaban J connectivity index is 2.59. The van der Waals surface area contributed by atoms with E-state index in [1.807, 2.05) is 0 Å². The minimum atomic E-state index is -1.15. The summed E-state index contributed by atoms with van der Waals surface area (Å²) >= 11 is 11.9. The first kappa shape index (κ1) is 12.8. The number of aromatic carboxylic acids is 1. The molecule has 18 heavy (non-hydrogen) atoms. The van der Waals surface area contributed by atoms with Crippen molar-refractivity contribution in [3.8, 4) is 5.82 Å². The highest BCUT2D eigenvalue weighted by Gasteiger charge is 2.17. The van der Waals surface area contributed by atoms with Gasteiger partial charge < -0.3 is 5.11 Å². The summed E-state index contributed by atoms with van der Waals surface area (Å²) in [5.41, 5.74) is 0.705. The van der Waals surface area contributed by atoms with Crippen molar-refractivity contribution < 1.29 is 9.90 Å². The molecule has 0 saturated carbocycles. The molecule has 0 fully saturated rings. The quantitative estimate of drug-likeness (QED) is 0.916. The first-order chi connectivity index (χ1) is 8.40. The zero-order valence-corrected chi connectivity index (χ0v) is 11.0. The second kappa shape index (κ2) is 4.55. The smallest absolute Gasteiger partial charge is 0.358 e. The van der Waals surface area contributed by atoms with Crippen molar-refractivity contribution in [3.63, 3.8) is 0 Å². The zero-order chi connectivity index (χ0) is 13.4. The van der Waals surface area contributed by atoms with Gasteiger partial charge in [-0.2, -0.15) is 5.10 Å². The van der Waals surface area contributed by atoms with Crippen LogP contribution in [-0.4, -0.2) is 31.1 Å². The van der Waals surface area contributed by atoms with Crippen LogP contribution < -0.4 is 0 Å². The van der Waals surface area contributed by atoms with E-state index in [9.17, 15) is 4.79 Å². The second-order valence-corrected chi connectivity index (χ2v) is 4.40. The number of nitrogens with zero attached hydrogens (tertiary/aromatic N) is 4. The minimum Gasteiger partial charge on any atom is -0.476 e. The van der Waals surface area contributed by atoms with Gasteiger partial charge >= 0.3 is 5.97 Å². The molecular formula is C10H8Cl2N4O2. The van der Waals surface area contributed by atoms with Crippen LogP contribution in [0.15, 0.2) is 6.07 Å². The molecule has 0 aromatic carbocycles. The van der Waals surface area contributed by atoms with E-state index < -0.39 is 5.97 Å². The van der Waals surface area contributed by atoms with Gasteiger partial charge in [0.1, 0.15) is 0 Å². The van der Waals surface area contributed by atoms with E-state index in [4.69, 9.17) is 28.3 Å². The van der Waals surface area contributed by atoms with Crippen molar-refractivity contribution in [2.75, 3.05) is 0 Å². The zero-order valence-electron chi connectivity index (χ0n) is 9.48. The number of hydrogen-bond donors (Lipinski definition) is 1. The van der Waals surface area contributed by atoms with Crippen LogP contribution in [0.4, 0.5) is 0 Å². The molecule has 0 radical (unpaired) electrons. The van der Waals surface area contributed by atoms with Gasteiger partial charge in [0.05, 0.1) is 21.4 Å². The highest BCUT2D eigenvalue weighted by atomic mass is 35.5. The predicted molar refractivity (Wildman–Crippen MR) is 65.6 cm³/mol. The molecule has 1 N–H and O–H groups in total. The van der Waals surface area contributed by atoms with Gasteiger partial charge in [0.25, 0.3) is 0 Å². The van der Waals surface area contributed by atoms with E-state index >= 15 is 0 Å². The van der Waals surface area contributed by atoms with Crippen LogP contribution in [0, 0.1) is 13.8 Å². The summed E-state index contributed by atoms with van der Waals surface area (Å²) in [5, 5.41) is 17.4. The molecule has 0 spiro atoms. The number of aryl methyl sites for hydroxylation is 2. The van der Waals surface area contributed by atoms with Crippen molar-refractivity contribution in [2.24, 2.45) is 0 Å². The number of hydrogen-bond acceptors (Lipinski definition) is 4. The molecule has 0 atom stereocenters. The molecule has 94 valence electrons. The molecule has 0 aliphatic heterocycles.